The van der Waals surface area contributed by atoms with Gasteiger partial charge in [0, 0.05) is 57.9 Å². The molecule has 0 N–H and O–H groups in total. The minimum absolute atomic E-state index is 0.00921. The Morgan fingerprint density at radius 1 is 1.17 bits per heavy atom. The molecule has 0 aromatic carbocycles. The van der Waals surface area contributed by atoms with E-state index in [2.05, 4.69) is 19.4 Å². The van der Waals surface area contributed by atoms with Crippen LogP contribution in [0.5, 0.6) is 5.88 Å². The second-order valence-corrected chi connectivity index (χ2v) is 5.86. The summed E-state index contributed by atoms with van der Waals surface area (Å²) in [4.78, 5) is 25.2. The van der Waals surface area contributed by atoms with Gasteiger partial charge in [-0.1, -0.05) is 0 Å². The van der Waals surface area contributed by atoms with Gasteiger partial charge in [0.25, 0.3) is 5.91 Å². The van der Waals surface area contributed by atoms with Gasteiger partial charge in [-0.25, -0.2) is 9.97 Å². The first kappa shape index (κ1) is 16.4. The molecule has 0 unspecified atom stereocenters. The third kappa shape index (κ3) is 3.56. The van der Waals surface area contributed by atoms with E-state index in [4.69, 9.17) is 4.74 Å². The van der Waals surface area contributed by atoms with E-state index in [-0.39, 0.29) is 5.91 Å². The fourth-order valence-corrected chi connectivity index (χ4v) is 2.95. The third-order valence-electron chi connectivity index (χ3n) is 4.44. The zero-order chi connectivity index (χ0) is 16.9. The summed E-state index contributed by atoms with van der Waals surface area (Å²) in [6.45, 7) is 7.10. The number of methoxy groups -OCH3 is 1. The Labute approximate surface area is 141 Å². The summed E-state index contributed by atoms with van der Waals surface area (Å²) in [6, 6.07) is 3.53. The number of rotatable bonds is 5. The van der Waals surface area contributed by atoms with Crippen LogP contribution in [0.15, 0.2) is 30.7 Å². The SMILES string of the molecule is COc1ncccc1C(=O)N1CCN(CCn2ccnc2C)CC1. The Hall–Kier alpha value is -2.41. The molecule has 1 aliphatic rings. The Morgan fingerprint density at radius 2 is 1.96 bits per heavy atom. The molecule has 7 heteroatoms. The molecule has 128 valence electrons. The number of aryl methyl sites for hydroxylation is 1. The second kappa shape index (κ2) is 7.44. The van der Waals surface area contributed by atoms with Crippen molar-refractivity contribution in [3.8, 4) is 5.88 Å². The molecule has 0 bridgehead atoms. The molecule has 2 aromatic heterocycles. The lowest BCUT2D eigenvalue weighted by molar-refractivity contribution is 0.0629. The van der Waals surface area contributed by atoms with Crippen LogP contribution in [0.1, 0.15) is 16.2 Å². The monoisotopic (exact) mass is 329 g/mol. The van der Waals surface area contributed by atoms with Crippen LogP contribution in [0.25, 0.3) is 0 Å². The van der Waals surface area contributed by atoms with Crippen LogP contribution in [0.4, 0.5) is 0 Å². The van der Waals surface area contributed by atoms with Gasteiger partial charge in [0.1, 0.15) is 11.4 Å². The first-order valence-electron chi connectivity index (χ1n) is 8.17. The Balaban J connectivity index is 1.53. The molecule has 0 spiro atoms. The maximum absolute atomic E-state index is 12.7. The molecule has 0 aliphatic carbocycles. The zero-order valence-corrected chi connectivity index (χ0v) is 14.2. The first-order valence-corrected chi connectivity index (χ1v) is 8.17. The number of nitrogens with zero attached hydrogens (tertiary/aromatic N) is 5. The van der Waals surface area contributed by atoms with Gasteiger partial charge in [0.2, 0.25) is 5.88 Å². The minimum atomic E-state index is -0.00921. The van der Waals surface area contributed by atoms with E-state index in [1.807, 2.05) is 24.2 Å². The average molecular weight is 329 g/mol. The van der Waals surface area contributed by atoms with Crippen molar-refractivity contribution in [3.63, 3.8) is 0 Å². The molecular formula is C17H23N5O2. The van der Waals surface area contributed by atoms with Crippen LogP contribution in [-0.2, 0) is 6.54 Å². The number of pyridine rings is 1. The third-order valence-corrected chi connectivity index (χ3v) is 4.44. The van der Waals surface area contributed by atoms with E-state index in [1.54, 1.807) is 18.3 Å². The van der Waals surface area contributed by atoms with Gasteiger partial charge in [-0.15, -0.1) is 0 Å². The van der Waals surface area contributed by atoms with Gasteiger partial charge in [-0.2, -0.15) is 0 Å². The van der Waals surface area contributed by atoms with Crippen molar-refractivity contribution < 1.29 is 9.53 Å². The van der Waals surface area contributed by atoms with Crippen molar-refractivity contribution in [1.29, 1.82) is 0 Å². The number of carbonyl (C=O) groups is 1. The van der Waals surface area contributed by atoms with E-state index in [1.165, 1.54) is 7.11 Å². The highest BCUT2D eigenvalue weighted by Gasteiger charge is 2.24. The van der Waals surface area contributed by atoms with Gasteiger partial charge in [0.15, 0.2) is 0 Å². The Bertz CT molecular complexity index is 692. The largest absolute Gasteiger partial charge is 0.480 e. The molecule has 3 rings (SSSR count). The number of amides is 1. The molecule has 7 nitrogen and oxygen atoms in total. The highest BCUT2D eigenvalue weighted by atomic mass is 16.5. The molecule has 24 heavy (non-hydrogen) atoms. The summed E-state index contributed by atoms with van der Waals surface area (Å²) >= 11 is 0. The van der Waals surface area contributed by atoms with Crippen LogP contribution >= 0.6 is 0 Å². The molecule has 1 amide bonds. The summed E-state index contributed by atoms with van der Waals surface area (Å²) in [5.74, 6) is 1.41. The summed E-state index contributed by atoms with van der Waals surface area (Å²) in [5, 5.41) is 0. The standard InChI is InChI=1S/C17H23N5O2/c1-14-18-6-7-21(14)11-8-20-9-12-22(13-10-20)17(23)15-4-3-5-19-16(15)24-2/h3-7H,8-13H2,1-2H3. The molecule has 0 radical (unpaired) electrons. The van der Waals surface area contributed by atoms with Crippen molar-refractivity contribution in [3.05, 3.63) is 42.1 Å². The quantitative estimate of drug-likeness (QED) is 0.820. The van der Waals surface area contributed by atoms with Crippen LogP contribution in [0.2, 0.25) is 0 Å². The fourth-order valence-electron chi connectivity index (χ4n) is 2.95. The van der Waals surface area contributed by atoms with Gasteiger partial charge in [0.05, 0.1) is 7.11 Å². The Morgan fingerprint density at radius 3 is 2.62 bits per heavy atom. The Kier molecular flexibility index (Phi) is 5.10. The summed E-state index contributed by atoms with van der Waals surface area (Å²) < 4.78 is 7.34. The number of carbonyl (C=O) groups excluding carboxylic acids is 1. The highest BCUT2D eigenvalue weighted by molar-refractivity contribution is 5.96. The summed E-state index contributed by atoms with van der Waals surface area (Å²) in [7, 11) is 1.54. The lowest BCUT2D eigenvalue weighted by atomic mass is 10.2. The number of piperazine rings is 1. The number of hydrogen-bond acceptors (Lipinski definition) is 5. The topological polar surface area (TPSA) is 63.5 Å². The number of aromatic nitrogens is 3. The van der Waals surface area contributed by atoms with Gasteiger partial charge in [-0.3, -0.25) is 9.69 Å². The van der Waals surface area contributed by atoms with Crippen LogP contribution < -0.4 is 4.74 Å². The molecular weight excluding hydrogens is 306 g/mol. The van der Waals surface area contributed by atoms with Gasteiger partial charge in [-0.05, 0) is 19.1 Å². The maximum Gasteiger partial charge on any atom is 0.259 e. The van der Waals surface area contributed by atoms with E-state index in [0.717, 1.165) is 45.1 Å². The molecule has 1 fully saturated rings. The first-order chi connectivity index (χ1) is 11.7. The lowest BCUT2D eigenvalue weighted by Crippen LogP contribution is -2.49. The number of ether oxygens (including phenoxy) is 1. The summed E-state index contributed by atoms with van der Waals surface area (Å²) in [6.07, 6.45) is 5.46. The van der Waals surface area contributed by atoms with Crippen molar-refractivity contribution in [2.45, 2.75) is 13.5 Å². The number of hydrogen-bond donors (Lipinski definition) is 0. The number of imidazole rings is 1. The normalized spacial score (nSPS) is 15.5. The molecule has 2 aromatic rings. The van der Waals surface area contributed by atoms with Crippen molar-refractivity contribution >= 4 is 5.91 Å². The van der Waals surface area contributed by atoms with Crippen LogP contribution in [0, 0.1) is 6.92 Å². The van der Waals surface area contributed by atoms with E-state index in [0.29, 0.717) is 11.4 Å². The molecule has 0 atom stereocenters. The zero-order valence-electron chi connectivity index (χ0n) is 14.2. The molecule has 3 heterocycles. The van der Waals surface area contributed by atoms with Crippen LogP contribution in [-0.4, -0.2) is 70.1 Å². The van der Waals surface area contributed by atoms with Crippen molar-refractivity contribution in [1.82, 2.24) is 24.3 Å². The van der Waals surface area contributed by atoms with Gasteiger partial charge < -0.3 is 14.2 Å². The lowest BCUT2D eigenvalue weighted by Gasteiger charge is -2.34. The van der Waals surface area contributed by atoms with Crippen LogP contribution in [0.3, 0.4) is 0 Å². The van der Waals surface area contributed by atoms with E-state index < -0.39 is 0 Å². The van der Waals surface area contributed by atoms with Crippen molar-refractivity contribution in [2.75, 3.05) is 39.8 Å². The van der Waals surface area contributed by atoms with E-state index in [9.17, 15) is 4.79 Å². The predicted octanol–water partition coefficient (Wildman–Crippen LogP) is 1.05. The molecule has 0 saturated carbocycles. The molecule has 1 aliphatic heterocycles. The van der Waals surface area contributed by atoms with Gasteiger partial charge >= 0.3 is 0 Å². The fraction of sp³-hybridized carbons (Fsp3) is 0.471. The smallest absolute Gasteiger partial charge is 0.259 e. The van der Waals surface area contributed by atoms with E-state index >= 15 is 0 Å². The average Bonchev–Trinajstić information content (AvgIpc) is 3.04. The highest BCUT2D eigenvalue weighted by Crippen LogP contribution is 2.17. The van der Waals surface area contributed by atoms with Crippen molar-refractivity contribution in [2.24, 2.45) is 0 Å². The second-order valence-electron chi connectivity index (χ2n) is 5.86. The minimum Gasteiger partial charge on any atom is -0.480 e. The predicted molar refractivity (Wildman–Crippen MR) is 90.1 cm³/mol. The molecule has 1 saturated heterocycles. The maximum atomic E-state index is 12.7. The summed E-state index contributed by atoms with van der Waals surface area (Å²) in [5.41, 5.74) is 0.530.